The molecule has 0 bridgehead atoms. The van der Waals surface area contributed by atoms with Crippen molar-refractivity contribution >= 4 is 11.8 Å². The Morgan fingerprint density at radius 3 is 2.48 bits per heavy atom. The minimum absolute atomic E-state index is 0.126. The number of benzene rings is 1. The maximum absolute atomic E-state index is 14.5. The van der Waals surface area contributed by atoms with E-state index in [4.69, 9.17) is 0 Å². The van der Waals surface area contributed by atoms with Crippen molar-refractivity contribution in [3.8, 4) is 0 Å². The van der Waals surface area contributed by atoms with E-state index < -0.39 is 40.8 Å². The molecule has 5 nitrogen and oxygen atoms in total. The Labute approximate surface area is 166 Å². The minimum Gasteiger partial charge on any atom is -0.390 e. The first-order chi connectivity index (χ1) is 13.4. The van der Waals surface area contributed by atoms with E-state index in [2.05, 4.69) is 5.32 Å². The van der Waals surface area contributed by atoms with Crippen LogP contribution in [0, 0.1) is 0 Å². The van der Waals surface area contributed by atoms with Gasteiger partial charge in [0.1, 0.15) is 5.67 Å². The Kier molecular flexibility index (Phi) is 3.61. The van der Waals surface area contributed by atoms with Crippen LogP contribution in [-0.4, -0.2) is 52.5 Å². The van der Waals surface area contributed by atoms with Gasteiger partial charge in [-0.05, 0) is 49.8 Å². The highest BCUT2D eigenvalue weighted by molar-refractivity contribution is 6.00. The van der Waals surface area contributed by atoms with Crippen molar-refractivity contribution in [1.29, 1.82) is 0 Å². The highest BCUT2D eigenvalue weighted by Crippen LogP contribution is 2.64. The molecule has 0 saturated heterocycles. The molecule has 0 aromatic heterocycles. The third-order valence-corrected chi connectivity index (χ3v) is 6.89. The van der Waals surface area contributed by atoms with Gasteiger partial charge in [-0.1, -0.05) is 12.1 Å². The minimum atomic E-state index is -2.99. The van der Waals surface area contributed by atoms with E-state index in [1.54, 1.807) is 6.92 Å². The Balaban J connectivity index is 1.38. The number of hydrogen-bond acceptors (Lipinski definition) is 3. The summed E-state index contributed by atoms with van der Waals surface area (Å²) in [7, 11) is 0. The van der Waals surface area contributed by atoms with Gasteiger partial charge in [-0.25, -0.2) is 13.2 Å². The van der Waals surface area contributed by atoms with E-state index in [1.807, 2.05) is 0 Å². The number of carbonyl (C=O) groups excluding carboxylic acids is 2. The number of halogens is 3. The fourth-order valence-electron chi connectivity index (χ4n) is 4.93. The summed E-state index contributed by atoms with van der Waals surface area (Å²) in [5.41, 5.74) is -3.12. The van der Waals surface area contributed by atoms with Crippen molar-refractivity contribution in [2.45, 2.75) is 67.7 Å². The molecular weight excluding hydrogens is 385 g/mol. The third kappa shape index (κ3) is 2.86. The van der Waals surface area contributed by atoms with Gasteiger partial charge in [-0.15, -0.1) is 0 Å². The molecule has 156 valence electrons. The SMILES string of the molecule is C[C@]1(O)C[C@H](NC(=O)CN2C[C@]3(CC3(F)F)c3cc(C4(F)CC4)ccc3C2=O)C1. The third-order valence-electron chi connectivity index (χ3n) is 6.89. The molecule has 3 aliphatic carbocycles. The van der Waals surface area contributed by atoms with Crippen LogP contribution in [0.1, 0.15) is 60.5 Å². The summed E-state index contributed by atoms with van der Waals surface area (Å²) in [5.74, 6) is -3.91. The summed E-state index contributed by atoms with van der Waals surface area (Å²) in [5, 5.41) is 12.5. The molecule has 2 N–H and O–H groups in total. The second-order valence-corrected chi connectivity index (χ2v) is 9.52. The van der Waals surface area contributed by atoms with Crippen LogP contribution in [-0.2, 0) is 15.9 Å². The molecule has 1 heterocycles. The van der Waals surface area contributed by atoms with Crippen LogP contribution in [0.4, 0.5) is 13.2 Å². The van der Waals surface area contributed by atoms with E-state index in [0.717, 1.165) is 4.90 Å². The smallest absolute Gasteiger partial charge is 0.260 e. The predicted octanol–water partition coefficient (Wildman–Crippen LogP) is 2.41. The van der Waals surface area contributed by atoms with Crippen LogP contribution in [0.5, 0.6) is 0 Å². The number of hydrogen-bond donors (Lipinski definition) is 2. The van der Waals surface area contributed by atoms with Gasteiger partial charge in [-0.3, -0.25) is 9.59 Å². The molecule has 2 amide bonds. The maximum atomic E-state index is 14.5. The summed E-state index contributed by atoms with van der Waals surface area (Å²) in [6, 6.07) is 4.19. The summed E-state index contributed by atoms with van der Waals surface area (Å²) in [4.78, 5) is 26.4. The first-order valence-electron chi connectivity index (χ1n) is 9.98. The number of aliphatic hydroxyl groups is 1. The zero-order chi connectivity index (χ0) is 20.8. The van der Waals surface area contributed by atoms with Crippen molar-refractivity contribution in [2.24, 2.45) is 0 Å². The lowest BCUT2D eigenvalue weighted by molar-refractivity contribution is -0.125. The summed E-state index contributed by atoms with van der Waals surface area (Å²) < 4.78 is 43.3. The number of carbonyl (C=O) groups is 2. The number of amides is 2. The van der Waals surface area contributed by atoms with Gasteiger partial charge < -0.3 is 15.3 Å². The molecule has 1 spiro atoms. The highest BCUT2D eigenvalue weighted by atomic mass is 19.3. The van der Waals surface area contributed by atoms with Crippen LogP contribution in [0.25, 0.3) is 0 Å². The normalized spacial score (nSPS) is 35.7. The van der Waals surface area contributed by atoms with Crippen LogP contribution >= 0.6 is 0 Å². The first kappa shape index (κ1) is 18.9. The molecule has 0 unspecified atom stereocenters. The molecule has 3 fully saturated rings. The lowest BCUT2D eigenvalue weighted by atomic mass is 9.77. The first-order valence-corrected chi connectivity index (χ1v) is 9.98. The monoisotopic (exact) mass is 408 g/mol. The van der Waals surface area contributed by atoms with E-state index in [9.17, 15) is 27.9 Å². The maximum Gasteiger partial charge on any atom is 0.260 e. The molecular formula is C21H23F3N2O3. The van der Waals surface area contributed by atoms with E-state index in [1.165, 1.54) is 18.2 Å². The summed E-state index contributed by atoms with van der Waals surface area (Å²) in [6.45, 7) is 1.10. The molecule has 5 rings (SSSR count). The lowest BCUT2D eigenvalue weighted by Gasteiger charge is -2.41. The van der Waals surface area contributed by atoms with Gasteiger partial charge in [0.05, 0.1) is 17.6 Å². The molecule has 1 aliphatic heterocycles. The van der Waals surface area contributed by atoms with E-state index in [-0.39, 0.29) is 30.3 Å². The summed E-state index contributed by atoms with van der Waals surface area (Å²) >= 11 is 0. The molecule has 3 saturated carbocycles. The number of nitrogens with zero attached hydrogens (tertiary/aromatic N) is 1. The van der Waals surface area contributed by atoms with Crippen LogP contribution in [0.3, 0.4) is 0 Å². The lowest BCUT2D eigenvalue weighted by Crippen LogP contribution is -2.56. The molecule has 0 radical (unpaired) electrons. The van der Waals surface area contributed by atoms with Crippen LogP contribution in [0.15, 0.2) is 18.2 Å². The van der Waals surface area contributed by atoms with E-state index >= 15 is 0 Å². The second kappa shape index (κ2) is 5.53. The Morgan fingerprint density at radius 2 is 1.93 bits per heavy atom. The van der Waals surface area contributed by atoms with Crippen molar-refractivity contribution in [1.82, 2.24) is 10.2 Å². The zero-order valence-corrected chi connectivity index (χ0v) is 16.1. The van der Waals surface area contributed by atoms with Gasteiger partial charge >= 0.3 is 0 Å². The zero-order valence-electron chi connectivity index (χ0n) is 16.1. The van der Waals surface area contributed by atoms with Gasteiger partial charge in [0.2, 0.25) is 5.91 Å². The summed E-state index contributed by atoms with van der Waals surface area (Å²) in [6.07, 6.45) is 1.16. The molecule has 1 aromatic rings. The number of alkyl halides is 3. The van der Waals surface area contributed by atoms with Crippen LogP contribution in [0.2, 0.25) is 0 Å². The molecule has 1 aromatic carbocycles. The average molecular weight is 408 g/mol. The van der Waals surface area contributed by atoms with Crippen LogP contribution < -0.4 is 5.32 Å². The average Bonchev–Trinajstić information content (AvgIpc) is 3.47. The van der Waals surface area contributed by atoms with Gasteiger partial charge in [-0.2, -0.15) is 0 Å². The van der Waals surface area contributed by atoms with Crippen molar-refractivity contribution in [2.75, 3.05) is 13.1 Å². The van der Waals surface area contributed by atoms with Gasteiger partial charge in [0.25, 0.3) is 11.8 Å². The van der Waals surface area contributed by atoms with Crippen molar-refractivity contribution < 1.29 is 27.9 Å². The number of rotatable bonds is 4. The standard InChI is InChI=1S/C21H23F3N2O3/c1-18(29)7-13(8-18)25-16(27)9-26-11-19(10-21(19,23)24)15-6-12(20(22)4-5-20)2-3-14(15)17(26)28/h2-3,6,13,29H,4-5,7-11H2,1H3,(H,25,27)/t13-,18-,19-/m1/s1. The van der Waals surface area contributed by atoms with E-state index in [0.29, 0.717) is 31.2 Å². The number of fused-ring (bicyclic) bond motifs is 2. The molecule has 4 aliphatic rings. The largest absolute Gasteiger partial charge is 0.390 e. The quantitative estimate of drug-likeness (QED) is 0.804. The van der Waals surface area contributed by atoms with Crippen molar-refractivity contribution in [3.63, 3.8) is 0 Å². The number of nitrogens with one attached hydrogen (secondary N) is 1. The predicted molar refractivity (Wildman–Crippen MR) is 97.4 cm³/mol. The molecule has 8 heteroatoms. The Morgan fingerprint density at radius 1 is 1.28 bits per heavy atom. The fourth-order valence-corrected chi connectivity index (χ4v) is 4.93. The molecule has 29 heavy (non-hydrogen) atoms. The van der Waals surface area contributed by atoms with Gasteiger partial charge in [0.15, 0.2) is 0 Å². The van der Waals surface area contributed by atoms with Crippen molar-refractivity contribution in [3.05, 3.63) is 34.9 Å². The highest BCUT2D eigenvalue weighted by Gasteiger charge is 2.74. The second-order valence-electron chi connectivity index (χ2n) is 9.52. The molecule has 1 atom stereocenters. The van der Waals surface area contributed by atoms with Gasteiger partial charge in [0, 0.05) is 24.6 Å². The Hall–Kier alpha value is -2.09. The Bertz CT molecular complexity index is 920. The topological polar surface area (TPSA) is 69.6 Å². The fraction of sp³-hybridized carbons (Fsp3) is 0.619.